The van der Waals surface area contributed by atoms with Crippen LogP contribution in [0.25, 0.3) is 11.3 Å². The normalized spacial score (nSPS) is 10.3. The zero-order valence-corrected chi connectivity index (χ0v) is 10.5. The molecule has 0 aliphatic carbocycles. The third-order valence-corrected chi connectivity index (χ3v) is 2.49. The lowest BCUT2D eigenvalue weighted by molar-refractivity contribution is 0.0360. The zero-order chi connectivity index (χ0) is 13.0. The third-order valence-electron chi connectivity index (χ3n) is 2.25. The summed E-state index contributed by atoms with van der Waals surface area (Å²) < 4.78 is 0. The van der Waals surface area contributed by atoms with E-state index in [1.807, 2.05) is 12.1 Å². The van der Waals surface area contributed by atoms with Crippen LogP contribution in [-0.2, 0) is 4.84 Å². The standard InChI is InChI=1S/C12H12ClN3O2/c1-2-18-16-12(17)11-7-10(14-15-11)8-4-3-5-9(13)6-8/h3-7H,2H2,1H3,(H,14,15)(H,16,17). The van der Waals surface area contributed by atoms with Gasteiger partial charge in [0.05, 0.1) is 12.3 Å². The molecule has 1 heterocycles. The molecule has 1 aromatic heterocycles. The van der Waals surface area contributed by atoms with E-state index < -0.39 is 0 Å². The molecule has 0 saturated carbocycles. The highest BCUT2D eigenvalue weighted by Gasteiger charge is 2.10. The van der Waals surface area contributed by atoms with Gasteiger partial charge in [-0.15, -0.1) is 0 Å². The molecule has 2 N–H and O–H groups in total. The second-order valence-corrected chi connectivity index (χ2v) is 3.98. The van der Waals surface area contributed by atoms with Gasteiger partial charge in [-0.1, -0.05) is 23.7 Å². The summed E-state index contributed by atoms with van der Waals surface area (Å²) in [5, 5.41) is 7.33. The predicted molar refractivity (Wildman–Crippen MR) is 68.1 cm³/mol. The topological polar surface area (TPSA) is 67.0 Å². The summed E-state index contributed by atoms with van der Waals surface area (Å²) in [6.45, 7) is 2.19. The third kappa shape index (κ3) is 2.88. The molecule has 5 nitrogen and oxygen atoms in total. The van der Waals surface area contributed by atoms with Gasteiger partial charge >= 0.3 is 0 Å². The molecule has 0 atom stereocenters. The quantitative estimate of drug-likeness (QED) is 0.834. The number of hydrogen-bond acceptors (Lipinski definition) is 3. The van der Waals surface area contributed by atoms with Gasteiger partial charge in [0.25, 0.3) is 5.91 Å². The van der Waals surface area contributed by atoms with E-state index in [2.05, 4.69) is 15.7 Å². The molecule has 0 radical (unpaired) electrons. The van der Waals surface area contributed by atoms with Gasteiger partial charge < -0.3 is 0 Å². The van der Waals surface area contributed by atoms with Crippen LogP contribution in [0.1, 0.15) is 17.4 Å². The van der Waals surface area contributed by atoms with Crippen LogP contribution in [0, 0.1) is 0 Å². The summed E-state index contributed by atoms with van der Waals surface area (Å²) in [5.41, 5.74) is 4.11. The van der Waals surface area contributed by atoms with E-state index in [-0.39, 0.29) is 5.91 Å². The lowest BCUT2D eigenvalue weighted by atomic mass is 10.1. The zero-order valence-electron chi connectivity index (χ0n) is 9.74. The van der Waals surface area contributed by atoms with E-state index in [1.54, 1.807) is 25.1 Å². The highest BCUT2D eigenvalue weighted by atomic mass is 35.5. The number of aromatic nitrogens is 2. The van der Waals surface area contributed by atoms with E-state index in [1.165, 1.54) is 0 Å². The smallest absolute Gasteiger partial charge is 0.274 e. The van der Waals surface area contributed by atoms with Gasteiger partial charge in [0.15, 0.2) is 0 Å². The number of hydroxylamine groups is 1. The van der Waals surface area contributed by atoms with Crippen molar-refractivity contribution in [1.29, 1.82) is 0 Å². The maximum absolute atomic E-state index is 11.6. The Balaban J connectivity index is 2.17. The minimum absolute atomic E-state index is 0.332. The molecule has 1 aromatic carbocycles. The first-order valence-corrected chi connectivity index (χ1v) is 5.82. The molecule has 2 rings (SSSR count). The molecule has 18 heavy (non-hydrogen) atoms. The Hall–Kier alpha value is -1.85. The Bertz CT molecular complexity index is 554. The molecule has 0 unspecified atom stereocenters. The largest absolute Gasteiger partial charge is 0.292 e. The highest BCUT2D eigenvalue weighted by molar-refractivity contribution is 6.30. The molecule has 1 amide bonds. The van der Waals surface area contributed by atoms with E-state index in [0.717, 1.165) is 5.56 Å². The lowest BCUT2D eigenvalue weighted by Gasteiger charge is -1.99. The van der Waals surface area contributed by atoms with E-state index in [0.29, 0.717) is 23.0 Å². The van der Waals surface area contributed by atoms with Gasteiger partial charge in [0.2, 0.25) is 0 Å². The molecule has 94 valence electrons. The molecule has 0 bridgehead atoms. The van der Waals surface area contributed by atoms with Crippen molar-refractivity contribution in [2.24, 2.45) is 0 Å². The van der Waals surface area contributed by atoms with Crippen LogP contribution in [0.3, 0.4) is 0 Å². The average Bonchev–Trinajstić information content (AvgIpc) is 2.85. The van der Waals surface area contributed by atoms with Gasteiger partial charge in [-0.2, -0.15) is 5.10 Å². The first-order chi connectivity index (χ1) is 8.70. The Kier molecular flexibility index (Phi) is 3.96. The molecule has 0 saturated heterocycles. The molecule has 6 heteroatoms. The first-order valence-electron chi connectivity index (χ1n) is 5.44. The minimum Gasteiger partial charge on any atom is -0.274 e. The minimum atomic E-state index is -0.363. The monoisotopic (exact) mass is 265 g/mol. The second kappa shape index (κ2) is 5.66. The van der Waals surface area contributed by atoms with Crippen LogP contribution in [0.4, 0.5) is 0 Å². The molecule has 0 aliphatic rings. The van der Waals surface area contributed by atoms with Crippen molar-refractivity contribution in [2.45, 2.75) is 6.92 Å². The number of H-pyrrole nitrogens is 1. The number of halogens is 1. The first kappa shape index (κ1) is 12.6. The van der Waals surface area contributed by atoms with Gasteiger partial charge in [0, 0.05) is 10.6 Å². The van der Waals surface area contributed by atoms with Crippen molar-refractivity contribution in [3.8, 4) is 11.3 Å². The SMILES string of the molecule is CCONC(=O)c1cc(-c2cccc(Cl)c2)n[nH]1. The molecule has 0 spiro atoms. The number of aromatic amines is 1. The van der Waals surface area contributed by atoms with Crippen molar-refractivity contribution in [3.63, 3.8) is 0 Å². The lowest BCUT2D eigenvalue weighted by Crippen LogP contribution is -2.23. The Morgan fingerprint density at radius 1 is 1.50 bits per heavy atom. The van der Waals surface area contributed by atoms with Crippen molar-refractivity contribution >= 4 is 17.5 Å². The highest BCUT2D eigenvalue weighted by Crippen LogP contribution is 2.21. The number of amides is 1. The summed E-state index contributed by atoms with van der Waals surface area (Å²) in [5.74, 6) is -0.363. The number of benzene rings is 1. The van der Waals surface area contributed by atoms with E-state index in [9.17, 15) is 4.79 Å². The van der Waals surface area contributed by atoms with Crippen LogP contribution in [0.15, 0.2) is 30.3 Å². The number of nitrogens with one attached hydrogen (secondary N) is 2. The Labute approximate surface area is 109 Å². The van der Waals surface area contributed by atoms with Crippen molar-refractivity contribution in [1.82, 2.24) is 15.7 Å². The van der Waals surface area contributed by atoms with E-state index in [4.69, 9.17) is 16.4 Å². The molecule has 0 aliphatic heterocycles. The summed E-state index contributed by atoms with van der Waals surface area (Å²) in [7, 11) is 0. The van der Waals surface area contributed by atoms with E-state index >= 15 is 0 Å². The summed E-state index contributed by atoms with van der Waals surface area (Å²) in [4.78, 5) is 16.4. The summed E-state index contributed by atoms with van der Waals surface area (Å²) in [6, 6.07) is 8.89. The van der Waals surface area contributed by atoms with Crippen LogP contribution < -0.4 is 5.48 Å². The maximum Gasteiger partial charge on any atom is 0.292 e. The fourth-order valence-corrected chi connectivity index (χ4v) is 1.62. The fourth-order valence-electron chi connectivity index (χ4n) is 1.43. The van der Waals surface area contributed by atoms with Gasteiger partial charge in [0.1, 0.15) is 5.69 Å². The Morgan fingerprint density at radius 3 is 3.06 bits per heavy atom. The number of carbonyl (C=O) groups is 1. The number of rotatable bonds is 4. The maximum atomic E-state index is 11.6. The van der Waals surface area contributed by atoms with Crippen LogP contribution in [0.5, 0.6) is 0 Å². The predicted octanol–water partition coefficient (Wildman–Crippen LogP) is 2.41. The fraction of sp³-hybridized carbons (Fsp3) is 0.167. The number of nitrogens with zero attached hydrogens (tertiary/aromatic N) is 1. The van der Waals surface area contributed by atoms with Crippen LogP contribution in [-0.4, -0.2) is 22.7 Å². The van der Waals surface area contributed by atoms with Crippen molar-refractivity contribution in [3.05, 3.63) is 41.0 Å². The number of hydrogen-bond donors (Lipinski definition) is 2. The molecule has 2 aromatic rings. The van der Waals surface area contributed by atoms with Crippen molar-refractivity contribution < 1.29 is 9.63 Å². The van der Waals surface area contributed by atoms with Crippen LogP contribution >= 0.6 is 11.6 Å². The summed E-state index contributed by atoms with van der Waals surface area (Å²) in [6.07, 6.45) is 0. The molecular formula is C12H12ClN3O2. The van der Waals surface area contributed by atoms with Gasteiger partial charge in [-0.05, 0) is 25.1 Å². The van der Waals surface area contributed by atoms with Gasteiger partial charge in [-0.3, -0.25) is 14.7 Å². The van der Waals surface area contributed by atoms with Crippen molar-refractivity contribution in [2.75, 3.05) is 6.61 Å². The average molecular weight is 266 g/mol. The summed E-state index contributed by atoms with van der Waals surface area (Å²) >= 11 is 5.90. The van der Waals surface area contributed by atoms with Crippen LogP contribution in [0.2, 0.25) is 5.02 Å². The Morgan fingerprint density at radius 2 is 2.33 bits per heavy atom. The molecular weight excluding hydrogens is 254 g/mol. The van der Waals surface area contributed by atoms with Gasteiger partial charge in [-0.25, -0.2) is 5.48 Å². The second-order valence-electron chi connectivity index (χ2n) is 3.54. The molecule has 0 fully saturated rings. The number of carbonyl (C=O) groups excluding carboxylic acids is 1.